The summed E-state index contributed by atoms with van der Waals surface area (Å²) in [5, 5.41) is 10.2. The molecule has 1 saturated heterocycles. The van der Waals surface area contributed by atoms with E-state index >= 15 is 0 Å². The summed E-state index contributed by atoms with van der Waals surface area (Å²) in [5.74, 6) is 0.113. The van der Waals surface area contributed by atoms with E-state index in [4.69, 9.17) is 0 Å². The van der Waals surface area contributed by atoms with Gasteiger partial charge in [-0.15, -0.1) is 0 Å². The first-order valence-corrected chi connectivity index (χ1v) is 7.84. The quantitative estimate of drug-likeness (QED) is 0.821. The van der Waals surface area contributed by atoms with Crippen LogP contribution in [0.2, 0.25) is 0 Å². The number of carbonyl (C=O) groups is 1. The Labute approximate surface area is 116 Å². The lowest BCUT2D eigenvalue weighted by Crippen LogP contribution is -2.43. The summed E-state index contributed by atoms with van der Waals surface area (Å²) in [7, 11) is 1.82. The third kappa shape index (κ3) is 4.18. The first-order chi connectivity index (χ1) is 9.18. The van der Waals surface area contributed by atoms with Gasteiger partial charge in [-0.05, 0) is 44.7 Å². The standard InChI is InChI=1S/C15H28N2O2/c1-16(11-12-17-9-5-6-10-17)15(19)14(18)13-7-3-2-4-8-13/h13-14,18H,2-12H2,1H3/t14-/m1/s1. The lowest BCUT2D eigenvalue weighted by molar-refractivity contribution is -0.142. The minimum absolute atomic E-state index is 0.0777. The summed E-state index contributed by atoms with van der Waals surface area (Å²) in [6, 6.07) is 0. The number of aliphatic hydroxyl groups is 1. The average Bonchev–Trinajstić information content (AvgIpc) is 2.97. The molecule has 2 fully saturated rings. The summed E-state index contributed by atoms with van der Waals surface area (Å²) < 4.78 is 0. The Balaban J connectivity index is 1.73. The molecule has 0 aromatic heterocycles. The number of likely N-dealkylation sites (N-methyl/N-ethyl adjacent to an activating group) is 1. The summed E-state index contributed by atoms with van der Waals surface area (Å²) in [4.78, 5) is 16.3. The molecule has 1 atom stereocenters. The van der Waals surface area contributed by atoms with Crippen molar-refractivity contribution >= 4 is 5.91 Å². The number of carbonyl (C=O) groups excluding carboxylic acids is 1. The van der Waals surface area contributed by atoms with Crippen LogP contribution in [0.4, 0.5) is 0 Å². The molecule has 1 amide bonds. The molecule has 0 spiro atoms. The lowest BCUT2D eigenvalue weighted by atomic mass is 9.85. The highest BCUT2D eigenvalue weighted by Crippen LogP contribution is 2.27. The van der Waals surface area contributed by atoms with Crippen molar-refractivity contribution in [1.82, 2.24) is 9.80 Å². The van der Waals surface area contributed by atoms with Crippen molar-refractivity contribution in [3.05, 3.63) is 0 Å². The number of likely N-dealkylation sites (tertiary alicyclic amines) is 1. The first kappa shape index (κ1) is 14.8. The van der Waals surface area contributed by atoms with Crippen LogP contribution in [-0.2, 0) is 4.79 Å². The fourth-order valence-corrected chi connectivity index (χ4v) is 3.29. The van der Waals surface area contributed by atoms with Crippen LogP contribution in [0, 0.1) is 5.92 Å². The van der Waals surface area contributed by atoms with Crippen LogP contribution in [-0.4, -0.2) is 60.1 Å². The van der Waals surface area contributed by atoms with E-state index in [-0.39, 0.29) is 11.8 Å². The van der Waals surface area contributed by atoms with Gasteiger partial charge in [-0.1, -0.05) is 19.3 Å². The Morgan fingerprint density at radius 3 is 2.47 bits per heavy atom. The van der Waals surface area contributed by atoms with E-state index in [1.807, 2.05) is 7.05 Å². The molecule has 1 saturated carbocycles. The maximum Gasteiger partial charge on any atom is 0.251 e. The number of hydrogen-bond acceptors (Lipinski definition) is 3. The number of hydrogen-bond donors (Lipinski definition) is 1. The van der Waals surface area contributed by atoms with E-state index in [1.54, 1.807) is 4.90 Å². The SMILES string of the molecule is CN(CCN1CCCC1)C(=O)[C@H](O)C1CCCCC1. The summed E-state index contributed by atoms with van der Waals surface area (Å²) in [5.41, 5.74) is 0. The molecule has 4 nitrogen and oxygen atoms in total. The number of aliphatic hydroxyl groups excluding tert-OH is 1. The monoisotopic (exact) mass is 268 g/mol. The van der Waals surface area contributed by atoms with E-state index in [0.717, 1.165) is 51.9 Å². The van der Waals surface area contributed by atoms with Gasteiger partial charge in [0.15, 0.2) is 0 Å². The Bertz CT molecular complexity index is 284. The smallest absolute Gasteiger partial charge is 0.251 e. The average molecular weight is 268 g/mol. The molecule has 19 heavy (non-hydrogen) atoms. The second kappa shape index (κ2) is 7.25. The number of amides is 1. The predicted molar refractivity (Wildman–Crippen MR) is 75.9 cm³/mol. The van der Waals surface area contributed by atoms with Gasteiger partial charge in [-0.2, -0.15) is 0 Å². The normalized spacial score (nSPS) is 23.5. The fraction of sp³-hybridized carbons (Fsp3) is 0.933. The van der Waals surface area contributed by atoms with Crippen LogP contribution in [0.15, 0.2) is 0 Å². The van der Waals surface area contributed by atoms with Crippen LogP contribution in [0.3, 0.4) is 0 Å². The maximum atomic E-state index is 12.2. The van der Waals surface area contributed by atoms with Crippen molar-refractivity contribution in [2.75, 3.05) is 33.2 Å². The van der Waals surface area contributed by atoms with E-state index in [2.05, 4.69) is 4.90 Å². The highest BCUT2D eigenvalue weighted by atomic mass is 16.3. The van der Waals surface area contributed by atoms with Gasteiger partial charge in [0.25, 0.3) is 5.91 Å². The van der Waals surface area contributed by atoms with Gasteiger partial charge < -0.3 is 14.9 Å². The zero-order chi connectivity index (χ0) is 13.7. The minimum Gasteiger partial charge on any atom is -0.383 e. The summed E-state index contributed by atoms with van der Waals surface area (Å²) in [6.45, 7) is 4.00. The van der Waals surface area contributed by atoms with Crippen LogP contribution in [0.5, 0.6) is 0 Å². The molecule has 0 unspecified atom stereocenters. The minimum atomic E-state index is -0.774. The van der Waals surface area contributed by atoms with Crippen LogP contribution in [0.25, 0.3) is 0 Å². The van der Waals surface area contributed by atoms with Crippen molar-refractivity contribution in [2.24, 2.45) is 5.92 Å². The van der Waals surface area contributed by atoms with E-state index in [9.17, 15) is 9.90 Å². The highest BCUT2D eigenvalue weighted by Gasteiger charge is 2.29. The molecule has 0 aromatic rings. The molecular formula is C15H28N2O2. The van der Waals surface area contributed by atoms with Gasteiger partial charge in [0.2, 0.25) is 0 Å². The zero-order valence-corrected chi connectivity index (χ0v) is 12.2. The molecule has 1 N–H and O–H groups in total. The maximum absolute atomic E-state index is 12.2. The molecule has 2 aliphatic rings. The van der Waals surface area contributed by atoms with Crippen LogP contribution in [0.1, 0.15) is 44.9 Å². The molecule has 4 heteroatoms. The number of nitrogens with zero attached hydrogens (tertiary/aromatic N) is 2. The Morgan fingerprint density at radius 1 is 1.21 bits per heavy atom. The van der Waals surface area contributed by atoms with E-state index in [0.29, 0.717) is 0 Å². The largest absolute Gasteiger partial charge is 0.383 e. The van der Waals surface area contributed by atoms with Gasteiger partial charge in [-0.3, -0.25) is 4.79 Å². The van der Waals surface area contributed by atoms with Gasteiger partial charge >= 0.3 is 0 Å². The second-order valence-electron chi connectivity index (χ2n) is 6.15. The topological polar surface area (TPSA) is 43.8 Å². The summed E-state index contributed by atoms with van der Waals surface area (Å²) in [6.07, 6.45) is 7.37. The van der Waals surface area contributed by atoms with Gasteiger partial charge in [0, 0.05) is 20.1 Å². The van der Waals surface area contributed by atoms with Crippen molar-refractivity contribution in [1.29, 1.82) is 0 Å². The molecule has 1 heterocycles. The molecule has 1 aliphatic heterocycles. The molecule has 110 valence electrons. The molecule has 0 bridgehead atoms. The van der Waals surface area contributed by atoms with Crippen molar-refractivity contribution in [3.63, 3.8) is 0 Å². The lowest BCUT2D eigenvalue weighted by Gasteiger charge is -2.29. The van der Waals surface area contributed by atoms with E-state index < -0.39 is 6.10 Å². The van der Waals surface area contributed by atoms with Crippen LogP contribution >= 0.6 is 0 Å². The third-order valence-corrected chi connectivity index (χ3v) is 4.68. The van der Waals surface area contributed by atoms with Gasteiger partial charge in [-0.25, -0.2) is 0 Å². The number of rotatable bonds is 5. The Kier molecular flexibility index (Phi) is 5.64. The van der Waals surface area contributed by atoms with E-state index in [1.165, 1.54) is 19.3 Å². The molecule has 1 aliphatic carbocycles. The molecule has 0 radical (unpaired) electrons. The Morgan fingerprint density at radius 2 is 1.84 bits per heavy atom. The zero-order valence-electron chi connectivity index (χ0n) is 12.2. The van der Waals surface area contributed by atoms with Crippen LogP contribution < -0.4 is 0 Å². The van der Waals surface area contributed by atoms with Crippen molar-refractivity contribution in [2.45, 2.75) is 51.0 Å². The molecular weight excluding hydrogens is 240 g/mol. The first-order valence-electron chi connectivity index (χ1n) is 7.84. The molecule has 2 rings (SSSR count). The highest BCUT2D eigenvalue weighted by molar-refractivity contribution is 5.80. The van der Waals surface area contributed by atoms with Crippen molar-refractivity contribution < 1.29 is 9.90 Å². The van der Waals surface area contributed by atoms with Gasteiger partial charge in [0.1, 0.15) is 6.10 Å². The molecule has 0 aromatic carbocycles. The second-order valence-corrected chi connectivity index (χ2v) is 6.15. The van der Waals surface area contributed by atoms with Gasteiger partial charge in [0.05, 0.1) is 0 Å². The predicted octanol–water partition coefficient (Wildman–Crippen LogP) is 1.48. The summed E-state index contributed by atoms with van der Waals surface area (Å²) >= 11 is 0. The third-order valence-electron chi connectivity index (χ3n) is 4.68. The van der Waals surface area contributed by atoms with Crippen molar-refractivity contribution in [3.8, 4) is 0 Å². The Hall–Kier alpha value is -0.610. The fourth-order valence-electron chi connectivity index (χ4n) is 3.29.